The quantitative estimate of drug-likeness (QED) is 0.471. The summed E-state index contributed by atoms with van der Waals surface area (Å²) >= 11 is 0. The van der Waals surface area contributed by atoms with Gasteiger partial charge < -0.3 is 4.48 Å². The molecule has 0 heterocycles. The molecule has 0 N–H and O–H groups in total. The lowest BCUT2D eigenvalue weighted by Crippen LogP contribution is -2.59. The molecule has 0 rings (SSSR count). The van der Waals surface area contributed by atoms with E-state index in [9.17, 15) is 43.9 Å². The second-order valence-electron chi connectivity index (χ2n) is 5.96. The Morgan fingerprint density at radius 3 is 0.739 bits per heavy atom. The third kappa shape index (κ3) is 5.39. The van der Waals surface area contributed by atoms with Crippen molar-refractivity contribution < 1.29 is 48.4 Å². The Labute approximate surface area is 127 Å². The molecule has 23 heavy (non-hydrogen) atoms. The predicted octanol–water partition coefficient (Wildman–Crippen LogP) is 5.26. The average Bonchev–Trinajstić information content (AvgIpc) is 2.25. The zero-order valence-electron chi connectivity index (χ0n) is 13.4. The van der Waals surface area contributed by atoms with Gasteiger partial charge in [-0.25, -0.2) is 0 Å². The van der Waals surface area contributed by atoms with Crippen molar-refractivity contribution in [3.8, 4) is 0 Å². The van der Waals surface area contributed by atoms with Gasteiger partial charge in [0.05, 0.1) is 26.2 Å². The lowest BCUT2D eigenvalue weighted by atomic mass is 10.1. The van der Waals surface area contributed by atoms with Gasteiger partial charge >= 0.3 is 24.2 Å². The number of alkyl halides is 10. The van der Waals surface area contributed by atoms with Gasteiger partial charge in [0.1, 0.15) is 0 Å². The van der Waals surface area contributed by atoms with Crippen LogP contribution in [0.15, 0.2) is 0 Å². The van der Waals surface area contributed by atoms with E-state index in [1.165, 1.54) is 0 Å². The van der Waals surface area contributed by atoms with Crippen LogP contribution in [0.5, 0.6) is 0 Å². The van der Waals surface area contributed by atoms with Crippen molar-refractivity contribution in [1.29, 1.82) is 0 Å². The number of rotatable bonds is 3. The summed E-state index contributed by atoms with van der Waals surface area (Å²) in [6, 6.07) is 1.45. The van der Waals surface area contributed by atoms with Crippen molar-refractivity contribution in [3.63, 3.8) is 0 Å². The Balaban J connectivity index is 0. The molecule has 0 aromatic carbocycles. The summed E-state index contributed by atoms with van der Waals surface area (Å²) in [6.45, 7) is 9.06. The summed E-state index contributed by atoms with van der Waals surface area (Å²) in [5, 5.41) is 0. The van der Waals surface area contributed by atoms with Crippen molar-refractivity contribution in [2.24, 2.45) is 0 Å². The molecule has 1 nitrogen and oxygen atoms in total. The summed E-state index contributed by atoms with van der Waals surface area (Å²) < 4.78 is 114. The Bertz CT molecular complexity index is 331. The van der Waals surface area contributed by atoms with Crippen LogP contribution in [0.3, 0.4) is 0 Å². The van der Waals surface area contributed by atoms with Crippen LogP contribution >= 0.6 is 0 Å². The summed E-state index contributed by atoms with van der Waals surface area (Å²) in [4.78, 5) is 0. The Kier molecular flexibility index (Phi) is 7.48. The van der Waals surface area contributed by atoms with E-state index in [2.05, 4.69) is 41.8 Å². The van der Waals surface area contributed by atoms with Gasteiger partial charge in [-0.3, -0.25) is 0 Å². The highest BCUT2D eigenvalue weighted by Gasteiger charge is 2.82. The summed E-state index contributed by atoms with van der Waals surface area (Å²) in [6.07, 6.45) is -13.9. The molecule has 0 fully saturated rings. The first kappa shape index (κ1) is 24.5. The molecular weight excluding hydrogens is 348 g/mol. The molecule has 0 aromatic rings. The number of hydrogen-bond donors (Lipinski definition) is 0. The van der Waals surface area contributed by atoms with Crippen molar-refractivity contribution >= 4 is 0 Å². The SMILES string of the molecule is CC(C)[N+](C)(C)C(C)C.FC(F)(F)C(F)(F)C(F)(F)C(F)(F)F. The standard InChI is InChI=1S/C8H20N.C4F10/c1-7(2)9(5,6)8(3)4;5-1(6,3(9,10)11)2(7,8)4(12,13)14/h7-8H,1-6H3;/q+1;. The molecule has 0 aliphatic carbocycles. The topological polar surface area (TPSA) is 0 Å². The number of hydrogen-bond acceptors (Lipinski definition) is 0. The van der Waals surface area contributed by atoms with E-state index < -0.39 is 24.2 Å². The zero-order valence-corrected chi connectivity index (χ0v) is 13.4. The van der Waals surface area contributed by atoms with Gasteiger partial charge in [0.2, 0.25) is 0 Å². The molecule has 11 heteroatoms. The van der Waals surface area contributed by atoms with E-state index >= 15 is 0 Å². The van der Waals surface area contributed by atoms with Crippen LogP contribution in [0.2, 0.25) is 0 Å². The predicted molar refractivity (Wildman–Crippen MR) is 64.4 cm³/mol. The third-order valence-corrected chi connectivity index (χ3v) is 3.77. The van der Waals surface area contributed by atoms with E-state index in [0.717, 1.165) is 16.6 Å². The first-order valence-electron chi connectivity index (χ1n) is 6.36. The van der Waals surface area contributed by atoms with E-state index in [4.69, 9.17) is 0 Å². The normalized spacial score (nSPS) is 14.9. The highest BCUT2D eigenvalue weighted by Crippen LogP contribution is 2.53. The molecule has 0 saturated heterocycles. The van der Waals surface area contributed by atoms with Gasteiger partial charge in [-0.15, -0.1) is 0 Å². The average molecular weight is 368 g/mol. The second-order valence-corrected chi connectivity index (χ2v) is 5.96. The van der Waals surface area contributed by atoms with Gasteiger partial charge in [0.15, 0.2) is 0 Å². The lowest BCUT2D eigenvalue weighted by Gasteiger charge is -2.38. The van der Waals surface area contributed by atoms with E-state index in [1.807, 2.05) is 0 Å². The number of quaternary nitrogens is 1. The minimum atomic E-state index is -7.14. The Morgan fingerprint density at radius 1 is 0.522 bits per heavy atom. The van der Waals surface area contributed by atoms with Crippen LogP contribution in [0.4, 0.5) is 43.9 Å². The highest BCUT2D eigenvalue weighted by atomic mass is 19.4. The fourth-order valence-corrected chi connectivity index (χ4v) is 0.952. The van der Waals surface area contributed by atoms with E-state index in [-0.39, 0.29) is 0 Å². The first-order chi connectivity index (χ1) is 9.64. The molecule has 0 amide bonds. The number of nitrogens with zero attached hydrogens (tertiary/aromatic N) is 1. The van der Waals surface area contributed by atoms with Gasteiger partial charge in [-0.05, 0) is 27.7 Å². The molecule has 0 aliphatic heterocycles. The van der Waals surface area contributed by atoms with Crippen molar-refractivity contribution in [2.75, 3.05) is 14.1 Å². The third-order valence-electron chi connectivity index (χ3n) is 3.77. The van der Waals surface area contributed by atoms with Crippen molar-refractivity contribution in [3.05, 3.63) is 0 Å². The molecule has 0 radical (unpaired) electrons. The van der Waals surface area contributed by atoms with Gasteiger partial charge in [-0.1, -0.05) is 0 Å². The van der Waals surface area contributed by atoms with Crippen molar-refractivity contribution in [2.45, 2.75) is 64.0 Å². The fourth-order valence-electron chi connectivity index (χ4n) is 0.952. The van der Waals surface area contributed by atoms with Gasteiger partial charge in [0.25, 0.3) is 0 Å². The van der Waals surface area contributed by atoms with Crippen LogP contribution in [-0.4, -0.2) is 54.9 Å². The molecule has 0 saturated carbocycles. The Morgan fingerprint density at radius 2 is 0.696 bits per heavy atom. The molecule has 0 spiro atoms. The second kappa shape index (κ2) is 7.02. The molecule has 0 aromatic heterocycles. The summed E-state index contributed by atoms with van der Waals surface area (Å²) in [5.41, 5.74) is 0. The molecular formula is C12H20F10N+. The van der Waals surface area contributed by atoms with Crippen LogP contribution in [0.1, 0.15) is 27.7 Å². The lowest BCUT2D eigenvalue weighted by molar-refractivity contribution is -0.931. The monoisotopic (exact) mass is 368 g/mol. The van der Waals surface area contributed by atoms with Crippen LogP contribution in [-0.2, 0) is 0 Å². The number of halogens is 10. The maximum absolute atomic E-state index is 11.6. The summed E-state index contributed by atoms with van der Waals surface area (Å²) in [7, 11) is 4.55. The van der Waals surface area contributed by atoms with Gasteiger partial charge in [0, 0.05) is 0 Å². The molecule has 0 unspecified atom stereocenters. The molecule has 142 valence electrons. The van der Waals surface area contributed by atoms with Crippen LogP contribution < -0.4 is 0 Å². The Hall–Kier alpha value is -0.740. The minimum absolute atomic E-state index is 0.727. The first-order valence-corrected chi connectivity index (χ1v) is 6.36. The maximum Gasteiger partial charge on any atom is 0.460 e. The molecule has 0 aliphatic rings. The fraction of sp³-hybridized carbons (Fsp3) is 1.00. The minimum Gasteiger partial charge on any atom is -0.325 e. The molecule has 0 atom stereocenters. The van der Waals surface area contributed by atoms with Crippen LogP contribution in [0.25, 0.3) is 0 Å². The maximum atomic E-state index is 11.6. The van der Waals surface area contributed by atoms with Gasteiger partial charge in [-0.2, -0.15) is 43.9 Å². The van der Waals surface area contributed by atoms with E-state index in [0.29, 0.717) is 0 Å². The molecule has 0 bridgehead atoms. The smallest absolute Gasteiger partial charge is 0.325 e. The largest absolute Gasteiger partial charge is 0.460 e. The zero-order chi connectivity index (χ0) is 19.7. The van der Waals surface area contributed by atoms with Crippen molar-refractivity contribution in [1.82, 2.24) is 0 Å². The van der Waals surface area contributed by atoms with Crippen LogP contribution in [0, 0.1) is 0 Å². The van der Waals surface area contributed by atoms with E-state index in [1.54, 1.807) is 0 Å². The summed E-state index contributed by atoms with van der Waals surface area (Å²) in [5.74, 6) is -14.3. The highest BCUT2D eigenvalue weighted by molar-refractivity contribution is 4.95.